The number of nitrogens with one attached hydrogen (secondary N) is 1. The van der Waals surface area contributed by atoms with E-state index in [2.05, 4.69) is 25.4 Å². The van der Waals surface area contributed by atoms with Crippen molar-refractivity contribution in [1.82, 2.24) is 24.6 Å². The molecule has 27 heavy (non-hydrogen) atoms. The van der Waals surface area contributed by atoms with Crippen LogP contribution in [0.25, 0.3) is 16.2 Å². The van der Waals surface area contributed by atoms with Crippen molar-refractivity contribution >= 4 is 21.4 Å². The van der Waals surface area contributed by atoms with Gasteiger partial charge in [0.2, 0.25) is 16.0 Å². The Morgan fingerprint density at radius 2 is 2.07 bits per heavy atom. The average Bonchev–Trinajstić information content (AvgIpc) is 3.19. The Hall–Kier alpha value is -3.00. The molecule has 0 aliphatic carbocycles. The number of hydrogen-bond donors (Lipinski definition) is 1. The third kappa shape index (κ3) is 4.22. The predicted molar refractivity (Wildman–Crippen MR) is 106 cm³/mol. The molecule has 4 aromatic heterocycles. The largest absolute Gasteiger partial charge is 0.472 e. The van der Waals surface area contributed by atoms with E-state index in [1.165, 1.54) is 11.3 Å². The maximum atomic E-state index is 5.74. The van der Waals surface area contributed by atoms with Crippen molar-refractivity contribution in [3.63, 3.8) is 0 Å². The molecule has 0 fully saturated rings. The van der Waals surface area contributed by atoms with E-state index in [0.29, 0.717) is 12.4 Å². The average molecular weight is 380 g/mol. The fourth-order valence-electron chi connectivity index (χ4n) is 2.49. The number of fused-ring (bicyclic) bond motifs is 1. The van der Waals surface area contributed by atoms with Crippen LogP contribution in [0.3, 0.4) is 0 Å². The fraction of sp³-hybridized carbons (Fsp3) is 0.263. The summed E-state index contributed by atoms with van der Waals surface area (Å²) in [6, 6.07) is 7.77. The molecule has 0 atom stereocenters. The molecule has 0 saturated heterocycles. The molecule has 7 nitrogen and oxygen atoms in total. The Bertz CT molecular complexity index is 1000. The number of aromatic nitrogens is 5. The molecule has 0 aliphatic heterocycles. The van der Waals surface area contributed by atoms with Gasteiger partial charge in [-0.15, -0.1) is 5.10 Å². The van der Waals surface area contributed by atoms with Gasteiger partial charge in [-0.25, -0.2) is 14.5 Å². The van der Waals surface area contributed by atoms with Gasteiger partial charge >= 0.3 is 0 Å². The molecule has 4 aromatic rings. The highest BCUT2D eigenvalue weighted by atomic mass is 32.1. The summed E-state index contributed by atoms with van der Waals surface area (Å²) < 4.78 is 7.52. The van der Waals surface area contributed by atoms with E-state index < -0.39 is 0 Å². The highest BCUT2D eigenvalue weighted by Crippen LogP contribution is 2.24. The molecule has 0 spiro atoms. The molecular formula is C19H20N6OS. The monoisotopic (exact) mass is 380 g/mol. The van der Waals surface area contributed by atoms with Crippen LogP contribution in [0, 0.1) is 0 Å². The first-order valence-corrected chi connectivity index (χ1v) is 9.42. The highest BCUT2D eigenvalue weighted by molar-refractivity contribution is 7.20. The van der Waals surface area contributed by atoms with Gasteiger partial charge in [0, 0.05) is 36.8 Å². The first-order valence-electron chi connectivity index (χ1n) is 8.61. The number of ether oxygens (including phenoxy) is 1. The Morgan fingerprint density at radius 1 is 1.19 bits per heavy atom. The first kappa shape index (κ1) is 17.4. The van der Waals surface area contributed by atoms with Crippen molar-refractivity contribution in [3.05, 3.63) is 54.6 Å². The molecule has 138 valence electrons. The van der Waals surface area contributed by atoms with E-state index >= 15 is 0 Å². The van der Waals surface area contributed by atoms with Crippen LogP contribution in [0.4, 0.5) is 5.13 Å². The van der Waals surface area contributed by atoms with Crippen molar-refractivity contribution in [2.24, 2.45) is 0 Å². The van der Waals surface area contributed by atoms with Gasteiger partial charge in [-0.3, -0.25) is 4.98 Å². The number of rotatable bonds is 5. The zero-order chi connectivity index (χ0) is 18.9. The maximum Gasteiger partial charge on any atom is 0.214 e. The van der Waals surface area contributed by atoms with Crippen LogP contribution in [-0.2, 0) is 6.54 Å². The Morgan fingerprint density at radius 3 is 2.74 bits per heavy atom. The van der Waals surface area contributed by atoms with Crippen molar-refractivity contribution in [2.75, 3.05) is 5.32 Å². The van der Waals surface area contributed by atoms with Crippen molar-refractivity contribution < 1.29 is 4.74 Å². The second kappa shape index (κ2) is 6.96. The molecule has 0 unspecified atom stereocenters. The van der Waals surface area contributed by atoms with Crippen molar-refractivity contribution in [1.29, 1.82) is 0 Å². The number of anilines is 1. The number of pyridine rings is 2. The van der Waals surface area contributed by atoms with E-state index in [0.717, 1.165) is 26.9 Å². The summed E-state index contributed by atoms with van der Waals surface area (Å²) in [7, 11) is 0. The van der Waals surface area contributed by atoms with Crippen LogP contribution in [0.1, 0.15) is 26.3 Å². The van der Waals surface area contributed by atoms with E-state index in [1.807, 2.05) is 57.4 Å². The first-order chi connectivity index (χ1) is 13.0. The summed E-state index contributed by atoms with van der Waals surface area (Å²) in [6.07, 6.45) is 7.27. The second-order valence-electron chi connectivity index (χ2n) is 7.07. The number of hydrogen-bond acceptors (Lipinski definition) is 7. The standard InChI is InChI=1S/C19H20N6OS/c1-19(2,3)26-16-7-6-13(9-21-16)10-22-17-24-25-12-15(23-18(25)27-17)14-5-4-8-20-11-14/h4-9,11-12H,10H2,1-3H3,(H,22,24). The lowest BCUT2D eigenvalue weighted by molar-refractivity contribution is 0.124. The van der Waals surface area contributed by atoms with Crippen molar-refractivity contribution in [2.45, 2.75) is 32.9 Å². The molecule has 4 rings (SSSR count). The summed E-state index contributed by atoms with van der Waals surface area (Å²) in [4.78, 5) is 13.9. The van der Waals surface area contributed by atoms with Gasteiger partial charge in [0.15, 0.2) is 0 Å². The topological polar surface area (TPSA) is 77.2 Å². The molecule has 0 aliphatic rings. The van der Waals surface area contributed by atoms with Gasteiger partial charge in [-0.05, 0) is 38.5 Å². The lowest BCUT2D eigenvalue weighted by Crippen LogP contribution is -2.23. The lowest BCUT2D eigenvalue weighted by Gasteiger charge is -2.20. The SMILES string of the molecule is CC(C)(C)Oc1ccc(CNc2nn3cc(-c4cccnc4)nc3s2)cn1. The smallest absolute Gasteiger partial charge is 0.214 e. The van der Waals surface area contributed by atoms with Crippen molar-refractivity contribution in [3.8, 4) is 17.1 Å². The van der Waals surface area contributed by atoms with Gasteiger partial charge in [-0.2, -0.15) is 0 Å². The molecule has 8 heteroatoms. The molecule has 0 radical (unpaired) electrons. The third-order valence-electron chi connectivity index (χ3n) is 3.65. The Kier molecular flexibility index (Phi) is 4.49. The number of imidazole rings is 1. The van der Waals surface area contributed by atoms with E-state index in [-0.39, 0.29) is 5.60 Å². The van der Waals surface area contributed by atoms with E-state index in [1.54, 1.807) is 16.9 Å². The summed E-state index contributed by atoms with van der Waals surface area (Å²) in [5.74, 6) is 0.627. The minimum atomic E-state index is -0.253. The minimum absolute atomic E-state index is 0.253. The van der Waals surface area contributed by atoms with Crippen LogP contribution in [0.2, 0.25) is 0 Å². The Balaban J connectivity index is 1.41. The summed E-state index contributed by atoms with van der Waals surface area (Å²) >= 11 is 1.51. The van der Waals surface area contributed by atoms with Gasteiger partial charge in [-0.1, -0.05) is 17.4 Å². The van der Waals surface area contributed by atoms with Crippen LogP contribution in [0.5, 0.6) is 5.88 Å². The normalized spacial score (nSPS) is 11.7. The van der Waals surface area contributed by atoms with E-state index in [4.69, 9.17) is 4.74 Å². The third-order valence-corrected chi connectivity index (χ3v) is 4.53. The number of nitrogens with zero attached hydrogens (tertiary/aromatic N) is 5. The van der Waals surface area contributed by atoms with Crippen LogP contribution < -0.4 is 10.1 Å². The van der Waals surface area contributed by atoms with Crippen LogP contribution in [-0.4, -0.2) is 30.2 Å². The van der Waals surface area contributed by atoms with Crippen LogP contribution >= 0.6 is 11.3 Å². The van der Waals surface area contributed by atoms with Gasteiger partial charge in [0.05, 0.1) is 11.9 Å². The predicted octanol–water partition coefficient (Wildman–Crippen LogP) is 4.04. The van der Waals surface area contributed by atoms with E-state index in [9.17, 15) is 0 Å². The maximum absolute atomic E-state index is 5.74. The van der Waals surface area contributed by atoms with Crippen LogP contribution in [0.15, 0.2) is 49.1 Å². The second-order valence-corrected chi connectivity index (χ2v) is 8.03. The summed E-state index contributed by atoms with van der Waals surface area (Å²) in [6.45, 7) is 6.64. The van der Waals surface area contributed by atoms with Gasteiger partial charge < -0.3 is 10.1 Å². The molecule has 0 amide bonds. The molecular weight excluding hydrogens is 360 g/mol. The fourth-order valence-corrected chi connectivity index (χ4v) is 3.27. The Labute approximate surface area is 161 Å². The minimum Gasteiger partial charge on any atom is -0.472 e. The lowest BCUT2D eigenvalue weighted by atomic mass is 10.2. The quantitative estimate of drug-likeness (QED) is 0.563. The molecule has 0 aromatic carbocycles. The molecule has 4 heterocycles. The highest BCUT2D eigenvalue weighted by Gasteiger charge is 2.13. The molecule has 0 bridgehead atoms. The molecule has 1 N–H and O–H groups in total. The van der Waals surface area contributed by atoms with Gasteiger partial charge in [0.1, 0.15) is 5.60 Å². The summed E-state index contributed by atoms with van der Waals surface area (Å²) in [5.41, 5.74) is 2.65. The summed E-state index contributed by atoms with van der Waals surface area (Å²) in [5, 5.41) is 8.66. The molecule has 0 saturated carbocycles. The van der Waals surface area contributed by atoms with Gasteiger partial charge in [0.25, 0.3) is 0 Å². The zero-order valence-corrected chi connectivity index (χ0v) is 16.2. The zero-order valence-electron chi connectivity index (χ0n) is 15.4.